The van der Waals surface area contributed by atoms with Crippen molar-refractivity contribution in [2.24, 2.45) is 5.10 Å². The molecule has 2 aromatic carbocycles. The second-order valence-corrected chi connectivity index (χ2v) is 4.16. The van der Waals surface area contributed by atoms with Gasteiger partial charge in [0.2, 0.25) is 0 Å². The van der Waals surface area contributed by atoms with E-state index in [0.717, 1.165) is 0 Å². The Kier molecular flexibility index (Phi) is 5.02. The van der Waals surface area contributed by atoms with Crippen LogP contribution in [-0.4, -0.2) is 23.8 Å². The maximum absolute atomic E-state index is 12.0. The number of aromatic hydroxyl groups is 1. The van der Waals surface area contributed by atoms with Crippen molar-refractivity contribution in [3.8, 4) is 11.5 Å². The molecule has 5 nitrogen and oxygen atoms in total. The van der Waals surface area contributed by atoms with E-state index in [1.807, 2.05) is 0 Å². The number of phenols is 1. The molecule has 0 heterocycles. The molecule has 0 aliphatic heterocycles. The Morgan fingerprint density at radius 2 is 1.86 bits per heavy atom. The zero-order valence-electron chi connectivity index (χ0n) is 11.2. The summed E-state index contributed by atoms with van der Waals surface area (Å²) in [5.41, 5.74) is 2.93. The molecular formula is C15H12F2N2O3. The minimum absolute atomic E-state index is 0.0328. The third-order valence-corrected chi connectivity index (χ3v) is 2.63. The number of benzene rings is 2. The van der Waals surface area contributed by atoms with Crippen LogP contribution in [0.15, 0.2) is 53.6 Å². The minimum Gasteiger partial charge on any atom is -0.507 e. The minimum atomic E-state index is -2.88. The Labute approximate surface area is 124 Å². The predicted octanol–water partition coefficient (Wildman–Crippen LogP) is 2.76. The van der Waals surface area contributed by atoms with Crippen LogP contribution >= 0.6 is 0 Å². The van der Waals surface area contributed by atoms with Crippen LogP contribution < -0.4 is 10.2 Å². The summed E-state index contributed by atoms with van der Waals surface area (Å²) in [6.07, 6.45) is 1.34. The number of rotatable bonds is 5. The molecule has 0 radical (unpaired) electrons. The molecule has 7 heteroatoms. The molecule has 0 spiro atoms. The molecular weight excluding hydrogens is 294 g/mol. The van der Waals surface area contributed by atoms with E-state index in [-0.39, 0.29) is 17.1 Å². The predicted molar refractivity (Wildman–Crippen MR) is 76.2 cm³/mol. The van der Waals surface area contributed by atoms with Gasteiger partial charge in [0.15, 0.2) is 0 Å². The number of alkyl halides is 2. The Hall–Kier alpha value is -2.96. The number of carbonyl (C=O) groups excluding carboxylic acids is 1. The largest absolute Gasteiger partial charge is 0.507 e. The number of ether oxygens (including phenoxy) is 1. The first kappa shape index (κ1) is 15.4. The van der Waals surface area contributed by atoms with Gasteiger partial charge in [-0.25, -0.2) is 5.43 Å². The number of halogens is 2. The van der Waals surface area contributed by atoms with Gasteiger partial charge >= 0.3 is 6.61 Å². The second-order valence-electron chi connectivity index (χ2n) is 4.16. The molecule has 0 aliphatic rings. The molecule has 114 valence electrons. The topological polar surface area (TPSA) is 70.9 Å². The number of hydrazone groups is 1. The Balaban J connectivity index is 1.95. The Morgan fingerprint density at radius 3 is 2.50 bits per heavy atom. The van der Waals surface area contributed by atoms with Gasteiger partial charge in [0.05, 0.1) is 11.8 Å². The van der Waals surface area contributed by atoms with Crippen LogP contribution in [0.25, 0.3) is 0 Å². The average Bonchev–Trinajstić information content (AvgIpc) is 2.49. The summed E-state index contributed by atoms with van der Waals surface area (Å²) in [6.45, 7) is -2.88. The van der Waals surface area contributed by atoms with Crippen LogP contribution in [0.1, 0.15) is 15.9 Å². The monoisotopic (exact) mass is 306 g/mol. The molecule has 0 saturated carbocycles. The van der Waals surface area contributed by atoms with Gasteiger partial charge in [0.1, 0.15) is 11.5 Å². The smallest absolute Gasteiger partial charge is 0.387 e. The zero-order chi connectivity index (χ0) is 15.9. The van der Waals surface area contributed by atoms with Crippen molar-refractivity contribution in [3.05, 3.63) is 59.7 Å². The van der Waals surface area contributed by atoms with Crippen molar-refractivity contribution in [2.75, 3.05) is 0 Å². The van der Waals surface area contributed by atoms with Crippen LogP contribution in [0.5, 0.6) is 11.5 Å². The molecule has 0 saturated heterocycles. The standard InChI is InChI=1S/C15H12F2N2O3/c16-15(17)22-11-7-5-10(6-8-11)9-18-19-14(21)12-3-1-2-4-13(12)20/h1-9,15,20H,(H,19,21). The van der Waals surface area contributed by atoms with Gasteiger partial charge in [0, 0.05) is 0 Å². The average molecular weight is 306 g/mol. The van der Waals surface area contributed by atoms with E-state index in [4.69, 9.17) is 0 Å². The van der Waals surface area contributed by atoms with Crippen molar-refractivity contribution in [1.82, 2.24) is 5.43 Å². The molecule has 2 aromatic rings. The van der Waals surface area contributed by atoms with E-state index in [1.165, 1.54) is 42.6 Å². The fraction of sp³-hybridized carbons (Fsp3) is 0.0667. The highest BCUT2D eigenvalue weighted by atomic mass is 19.3. The van der Waals surface area contributed by atoms with Crippen LogP contribution in [-0.2, 0) is 0 Å². The van der Waals surface area contributed by atoms with Crippen LogP contribution in [0.3, 0.4) is 0 Å². The molecule has 0 fully saturated rings. The fourth-order valence-electron chi connectivity index (χ4n) is 1.63. The van der Waals surface area contributed by atoms with Gasteiger partial charge in [-0.05, 0) is 42.0 Å². The molecule has 0 aromatic heterocycles. The number of para-hydroxylation sites is 1. The summed E-state index contributed by atoms with van der Waals surface area (Å²) in [5.74, 6) is -0.680. The Bertz CT molecular complexity index is 673. The van der Waals surface area contributed by atoms with Gasteiger partial charge < -0.3 is 9.84 Å². The quantitative estimate of drug-likeness (QED) is 0.659. The van der Waals surface area contributed by atoms with Crippen LogP contribution in [0.4, 0.5) is 8.78 Å². The molecule has 1 amide bonds. The van der Waals surface area contributed by atoms with Crippen molar-refractivity contribution in [1.29, 1.82) is 0 Å². The van der Waals surface area contributed by atoms with Crippen molar-refractivity contribution in [2.45, 2.75) is 6.61 Å². The normalized spacial score (nSPS) is 10.9. The number of nitrogens with zero attached hydrogens (tertiary/aromatic N) is 1. The number of phenolic OH excluding ortho intramolecular Hbond substituents is 1. The van der Waals surface area contributed by atoms with E-state index in [2.05, 4.69) is 15.3 Å². The first-order chi connectivity index (χ1) is 10.6. The molecule has 0 unspecified atom stereocenters. The van der Waals surface area contributed by atoms with E-state index in [9.17, 15) is 18.7 Å². The number of nitrogens with one attached hydrogen (secondary N) is 1. The lowest BCUT2D eigenvalue weighted by atomic mass is 10.2. The highest BCUT2D eigenvalue weighted by Crippen LogP contribution is 2.15. The van der Waals surface area contributed by atoms with E-state index >= 15 is 0 Å². The van der Waals surface area contributed by atoms with Gasteiger partial charge in [-0.1, -0.05) is 12.1 Å². The first-order valence-corrected chi connectivity index (χ1v) is 6.22. The highest BCUT2D eigenvalue weighted by molar-refractivity contribution is 5.97. The maximum atomic E-state index is 12.0. The van der Waals surface area contributed by atoms with Gasteiger partial charge in [-0.3, -0.25) is 4.79 Å². The summed E-state index contributed by atoms with van der Waals surface area (Å²) < 4.78 is 28.2. The fourth-order valence-corrected chi connectivity index (χ4v) is 1.63. The lowest BCUT2D eigenvalue weighted by Crippen LogP contribution is -2.17. The Morgan fingerprint density at radius 1 is 1.18 bits per heavy atom. The maximum Gasteiger partial charge on any atom is 0.387 e. The van der Waals surface area contributed by atoms with Crippen LogP contribution in [0, 0.1) is 0 Å². The molecule has 0 atom stereocenters. The van der Waals surface area contributed by atoms with Crippen molar-refractivity contribution in [3.63, 3.8) is 0 Å². The van der Waals surface area contributed by atoms with Crippen LogP contribution in [0.2, 0.25) is 0 Å². The third kappa shape index (κ3) is 4.27. The van der Waals surface area contributed by atoms with E-state index in [0.29, 0.717) is 5.56 Å². The number of hydrogen-bond acceptors (Lipinski definition) is 4. The molecule has 0 bridgehead atoms. The SMILES string of the molecule is O=C(NN=Cc1ccc(OC(F)F)cc1)c1ccccc1O. The molecule has 0 aliphatic carbocycles. The number of amides is 1. The number of carbonyl (C=O) groups is 1. The van der Waals surface area contributed by atoms with Crippen molar-refractivity contribution >= 4 is 12.1 Å². The lowest BCUT2D eigenvalue weighted by Gasteiger charge is -2.04. The van der Waals surface area contributed by atoms with Crippen molar-refractivity contribution < 1.29 is 23.4 Å². The summed E-state index contributed by atoms with van der Waals surface area (Å²) in [5, 5.41) is 13.2. The van der Waals surface area contributed by atoms with E-state index < -0.39 is 12.5 Å². The summed E-state index contributed by atoms with van der Waals surface area (Å²) in [4.78, 5) is 11.7. The summed E-state index contributed by atoms with van der Waals surface area (Å²) >= 11 is 0. The third-order valence-electron chi connectivity index (χ3n) is 2.63. The molecule has 2 rings (SSSR count). The molecule has 2 N–H and O–H groups in total. The second kappa shape index (κ2) is 7.16. The van der Waals surface area contributed by atoms with Gasteiger partial charge in [-0.15, -0.1) is 0 Å². The van der Waals surface area contributed by atoms with E-state index in [1.54, 1.807) is 12.1 Å². The molecule has 22 heavy (non-hydrogen) atoms. The number of hydrogen-bond donors (Lipinski definition) is 2. The first-order valence-electron chi connectivity index (χ1n) is 6.22. The van der Waals surface area contributed by atoms with Gasteiger partial charge in [0.25, 0.3) is 5.91 Å². The van der Waals surface area contributed by atoms with Gasteiger partial charge in [-0.2, -0.15) is 13.9 Å². The summed E-state index contributed by atoms with van der Waals surface area (Å²) in [6, 6.07) is 11.8. The zero-order valence-corrected chi connectivity index (χ0v) is 11.2. The highest BCUT2D eigenvalue weighted by Gasteiger charge is 2.08. The lowest BCUT2D eigenvalue weighted by molar-refractivity contribution is -0.0498. The summed E-state index contributed by atoms with van der Waals surface area (Å²) in [7, 11) is 0.